The smallest absolute Gasteiger partial charge is 0.164 e. The molecule has 0 radical (unpaired) electrons. The van der Waals surface area contributed by atoms with Gasteiger partial charge in [-0.3, -0.25) is 4.79 Å². The Labute approximate surface area is 105 Å². The maximum absolute atomic E-state index is 13.6. The summed E-state index contributed by atoms with van der Waals surface area (Å²) in [5.41, 5.74) is 1.73. The molecule has 92 valence electrons. The molecule has 0 amide bonds. The number of hydrogen-bond acceptors (Lipinski definition) is 2. The third kappa shape index (κ3) is 2.74. The number of ketones is 1. The summed E-state index contributed by atoms with van der Waals surface area (Å²) in [7, 11) is 0. The van der Waals surface area contributed by atoms with Crippen LogP contribution in [0.1, 0.15) is 22.8 Å². The number of hydrogen-bond donors (Lipinski definition) is 1. The lowest BCUT2D eigenvalue weighted by atomic mass is 10.1. The molecule has 0 saturated carbocycles. The second-order valence-electron chi connectivity index (χ2n) is 4.06. The van der Waals surface area contributed by atoms with Gasteiger partial charge in [-0.05, 0) is 24.6 Å². The molecule has 0 fully saturated rings. The molecular weight excluding hydrogens is 229 g/mol. The molecule has 0 spiro atoms. The number of benzene rings is 2. The summed E-state index contributed by atoms with van der Waals surface area (Å²) < 4.78 is 13.6. The fourth-order valence-corrected chi connectivity index (χ4v) is 1.82. The Morgan fingerprint density at radius 2 is 1.83 bits per heavy atom. The molecule has 2 nitrogen and oxygen atoms in total. The van der Waals surface area contributed by atoms with Crippen molar-refractivity contribution in [3.05, 3.63) is 65.5 Å². The summed E-state index contributed by atoms with van der Waals surface area (Å²) in [6, 6.07) is 14.4. The van der Waals surface area contributed by atoms with E-state index >= 15 is 0 Å². The van der Waals surface area contributed by atoms with Crippen LogP contribution in [-0.2, 0) is 6.54 Å². The van der Waals surface area contributed by atoms with Crippen molar-refractivity contribution in [2.24, 2.45) is 0 Å². The molecule has 18 heavy (non-hydrogen) atoms. The van der Waals surface area contributed by atoms with Gasteiger partial charge in [0.25, 0.3) is 0 Å². The van der Waals surface area contributed by atoms with Crippen molar-refractivity contribution >= 4 is 11.5 Å². The van der Waals surface area contributed by atoms with Crippen LogP contribution < -0.4 is 5.32 Å². The third-order valence-corrected chi connectivity index (χ3v) is 2.69. The van der Waals surface area contributed by atoms with Crippen molar-refractivity contribution < 1.29 is 9.18 Å². The summed E-state index contributed by atoms with van der Waals surface area (Å²) >= 11 is 0. The van der Waals surface area contributed by atoms with E-state index < -0.39 is 5.82 Å². The first-order valence-electron chi connectivity index (χ1n) is 5.75. The second-order valence-corrected chi connectivity index (χ2v) is 4.06. The van der Waals surface area contributed by atoms with E-state index in [1.165, 1.54) is 13.0 Å². The molecule has 0 unspecified atom stereocenters. The molecule has 1 N–H and O–H groups in total. The van der Waals surface area contributed by atoms with Gasteiger partial charge in [0.05, 0.1) is 5.56 Å². The number of carbonyl (C=O) groups is 1. The van der Waals surface area contributed by atoms with Gasteiger partial charge in [0.2, 0.25) is 0 Å². The van der Waals surface area contributed by atoms with Crippen LogP contribution in [0.5, 0.6) is 0 Å². The summed E-state index contributed by atoms with van der Waals surface area (Å²) in [6.07, 6.45) is 0. The van der Waals surface area contributed by atoms with Crippen molar-refractivity contribution in [3.63, 3.8) is 0 Å². The largest absolute Gasteiger partial charge is 0.380 e. The highest BCUT2D eigenvalue weighted by molar-refractivity contribution is 5.99. The SMILES string of the molecule is CC(=O)c1c(F)cccc1NCc1ccccc1. The van der Waals surface area contributed by atoms with Crippen molar-refractivity contribution in [1.82, 2.24) is 0 Å². The van der Waals surface area contributed by atoms with Crippen LogP contribution in [0.25, 0.3) is 0 Å². The lowest BCUT2D eigenvalue weighted by Gasteiger charge is -2.10. The van der Waals surface area contributed by atoms with Crippen LogP contribution in [0.2, 0.25) is 0 Å². The second kappa shape index (κ2) is 5.45. The van der Waals surface area contributed by atoms with Gasteiger partial charge in [0.15, 0.2) is 5.78 Å². The molecule has 0 aliphatic rings. The van der Waals surface area contributed by atoms with Gasteiger partial charge >= 0.3 is 0 Å². The van der Waals surface area contributed by atoms with Crippen molar-refractivity contribution in [1.29, 1.82) is 0 Å². The van der Waals surface area contributed by atoms with Crippen LogP contribution in [-0.4, -0.2) is 5.78 Å². The molecule has 0 aliphatic heterocycles. The maximum Gasteiger partial charge on any atom is 0.164 e. The normalized spacial score (nSPS) is 10.1. The predicted molar refractivity (Wildman–Crippen MR) is 70.2 cm³/mol. The molecule has 0 aliphatic carbocycles. The zero-order chi connectivity index (χ0) is 13.0. The van der Waals surface area contributed by atoms with E-state index in [2.05, 4.69) is 5.32 Å². The molecule has 0 saturated heterocycles. The van der Waals surface area contributed by atoms with Gasteiger partial charge in [-0.25, -0.2) is 4.39 Å². The van der Waals surface area contributed by atoms with Gasteiger partial charge < -0.3 is 5.32 Å². The Morgan fingerprint density at radius 1 is 1.11 bits per heavy atom. The van der Waals surface area contributed by atoms with Gasteiger partial charge in [0.1, 0.15) is 5.82 Å². The fourth-order valence-electron chi connectivity index (χ4n) is 1.82. The van der Waals surface area contributed by atoms with Gasteiger partial charge in [0, 0.05) is 12.2 Å². The number of carbonyl (C=O) groups excluding carboxylic acids is 1. The highest BCUT2D eigenvalue weighted by atomic mass is 19.1. The van der Waals surface area contributed by atoms with E-state index in [1.54, 1.807) is 12.1 Å². The lowest BCUT2D eigenvalue weighted by molar-refractivity contribution is 0.101. The summed E-state index contributed by atoms with van der Waals surface area (Å²) in [5.74, 6) is -0.760. The first-order valence-corrected chi connectivity index (χ1v) is 5.75. The minimum absolute atomic E-state index is 0.119. The zero-order valence-electron chi connectivity index (χ0n) is 10.1. The van der Waals surface area contributed by atoms with E-state index in [-0.39, 0.29) is 11.3 Å². The van der Waals surface area contributed by atoms with E-state index in [4.69, 9.17) is 0 Å². The molecule has 3 heteroatoms. The van der Waals surface area contributed by atoms with Crippen LogP contribution in [0, 0.1) is 5.82 Å². The first kappa shape index (κ1) is 12.3. The number of Topliss-reactive ketones (excluding diaryl/α,β-unsaturated/α-hetero) is 1. The number of halogens is 1. The van der Waals surface area contributed by atoms with E-state index in [0.29, 0.717) is 12.2 Å². The fraction of sp³-hybridized carbons (Fsp3) is 0.133. The molecular formula is C15H14FNO. The van der Waals surface area contributed by atoms with E-state index in [1.807, 2.05) is 30.3 Å². The summed E-state index contributed by atoms with van der Waals surface area (Å²) in [4.78, 5) is 11.4. The predicted octanol–water partition coefficient (Wildman–Crippen LogP) is 3.64. The monoisotopic (exact) mass is 243 g/mol. The van der Waals surface area contributed by atoms with E-state index in [9.17, 15) is 9.18 Å². The lowest BCUT2D eigenvalue weighted by Crippen LogP contribution is -2.07. The minimum Gasteiger partial charge on any atom is -0.380 e. The molecule has 2 aromatic rings. The molecule has 0 atom stereocenters. The first-order chi connectivity index (χ1) is 8.68. The highest BCUT2D eigenvalue weighted by Crippen LogP contribution is 2.20. The summed E-state index contributed by atoms with van der Waals surface area (Å²) in [5, 5.41) is 3.09. The molecule has 2 rings (SSSR count). The van der Waals surface area contributed by atoms with Gasteiger partial charge in [-0.2, -0.15) is 0 Å². The van der Waals surface area contributed by atoms with Crippen LogP contribution in [0.3, 0.4) is 0 Å². The Kier molecular flexibility index (Phi) is 3.72. The van der Waals surface area contributed by atoms with Crippen molar-refractivity contribution in [2.75, 3.05) is 5.32 Å². The number of nitrogens with one attached hydrogen (secondary N) is 1. The van der Waals surface area contributed by atoms with E-state index in [0.717, 1.165) is 5.56 Å². The molecule has 0 aromatic heterocycles. The highest BCUT2D eigenvalue weighted by Gasteiger charge is 2.12. The standard InChI is InChI=1S/C15H14FNO/c1-11(18)15-13(16)8-5-9-14(15)17-10-12-6-3-2-4-7-12/h2-9,17H,10H2,1H3. The minimum atomic E-state index is -0.486. The molecule has 0 heterocycles. The van der Waals surface area contributed by atoms with Gasteiger partial charge in [-0.1, -0.05) is 36.4 Å². The zero-order valence-corrected chi connectivity index (χ0v) is 10.1. The molecule has 0 bridgehead atoms. The summed E-state index contributed by atoms with van der Waals surface area (Å²) in [6.45, 7) is 1.93. The average molecular weight is 243 g/mol. The van der Waals surface area contributed by atoms with Crippen LogP contribution in [0.4, 0.5) is 10.1 Å². The Hall–Kier alpha value is -2.16. The molecule has 2 aromatic carbocycles. The van der Waals surface area contributed by atoms with Gasteiger partial charge in [-0.15, -0.1) is 0 Å². The third-order valence-electron chi connectivity index (χ3n) is 2.69. The van der Waals surface area contributed by atoms with Crippen LogP contribution >= 0.6 is 0 Å². The Balaban J connectivity index is 2.20. The van der Waals surface area contributed by atoms with Crippen molar-refractivity contribution in [3.8, 4) is 0 Å². The Bertz CT molecular complexity index is 552. The quantitative estimate of drug-likeness (QED) is 0.830. The topological polar surface area (TPSA) is 29.1 Å². The Morgan fingerprint density at radius 3 is 2.50 bits per heavy atom. The maximum atomic E-state index is 13.6. The number of anilines is 1. The number of rotatable bonds is 4. The van der Waals surface area contributed by atoms with Crippen LogP contribution in [0.15, 0.2) is 48.5 Å². The average Bonchev–Trinajstić information content (AvgIpc) is 2.37. The van der Waals surface area contributed by atoms with Crippen molar-refractivity contribution in [2.45, 2.75) is 13.5 Å².